The van der Waals surface area contributed by atoms with E-state index < -0.39 is 0 Å². The van der Waals surface area contributed by atoms with Crippen LogP contribution >= 0.6 is 11.6 Å². The Bertz CT molecular complexity index is 477. The van der Waals surface area contributed by atoms with Crippen LogP contribution in [0.3, 0.4) is 0 Å². The number of hydrogen-bond donors (Lipinski definition) is 1. The molecular formula is C16H23ClN2O3. The summed E-state index contributed by atoms with van der Waals surface area (Å²) >= 11 is 5.82. The molecule has 1 rings (SSSR count). The molecule has 1 aromatic rings. The van der Waals surface area contributed by atoms with Crippen LogP contribution in [0.1, 0.15) is 32.6 Å². The Kier molecular flexibility index (Phi) is 8.36. The summed E-state index contributed by atoms with van der Waals surface area (Å²) in [5, 5.41) is 3.43. The smallest absolute Gasteiger partial charge is 0.321 e. The van der Waals surface area contributed by atoms with E-state index in [1.165, 1.54) is 7.11 Å². The van der Waals surface area contributed by atoms with E-state index in [9.17, 15) is 9.59 Å². The topological polar surface area (TPSA) is 58.6 Å². The van der Waals surface area contributed by atoms with Crippen molar-refractivity contribution in [3.05, 3.63) is 29.3 Å². The molecule has 0 aliphatic rings. The Hall–Kier alpha value is -1.75. The van der Waals surface area contributed by atoms with Gasteiger partial charge < -0.3 is 15.0 Å². The molecule has 122 valence electrons. The van der Waals surface area contributed by atoms with Gasteiger partial charge in [-0.3, -0.25) is 4.79 Å². The number of carbonyl (C=O) groups is 2. The molecule has 0 fully saturated rings. The zero-order valence-electron chi connectivity index (χ0n) is 13.1. The van der Waals surface area contributed by atoms with E-state index in [-0.39, 0.29) is 18.4 Å². The number of esters is 1. The molecule has 22 heavy (non-hydrogen) atoms. The van der Waals surface area contributed by atoms with Crippen LogP contribution in [0.15, 0.2) is 24.3 Å². The van der Waals surface area contributed by atoms with E-state index in [0.717, 1.165) is 19.3 Å². The van der Waals surface area contributed by atoms with Gasteiger partial charge in [-0.15, -0.1) is 0 Å². The standard InChI is InChI=1S/C16H23ClN2O3/c1-3-4-5-11-19(12-10-15(20)22-2)16(21)18-14-8-6-13(17)7-9-14/h6-9H,3-5,10-12H2,1-2H3,(H,18,21). The number of anilines is 1. The van der Waals surface area contributed by atoms with E-state index in [2.05, 4.69) is 17.0 Å². The molecule has 2 amide bonds. The molecule has 0 aliphatic heterocycles. The number of unbranched alkanes of at least 4 members (excludes halogenated alkanes) is 2. The fourth-order valence-electron chi connectivity index (χ4n) is 1.93. The third-order valence-corrected chi connectivity index (χ3v) is 3.48. The molecule has 0 radical (unpaired) electrons. The van der Waals surface area contributed by atoms with Crippen molar-refractivity contribution in [2.75, 3.05) is 25.5 Å². The van der Waals surface area contributed by atoms with Crippen molar-refractivity contribution >= 4 is 29.3 Å². The predicted molar refractivity (Wildman–Crippen MR) is 88.2 cm³/mol. The molecule has 6 heteroatoms. The highest BCUT2D eigenvalue weighted by atomic mass is 35.5. The first-order valence-corrected chi connectivity index (χ1v) is 7.83. The van der Waals surface area contributed by atoms with Gasteiger partial charge >= 0.3 is 12.0 Å². The number of nitrogens with zero attached hydrogens (tertiary/aromatic N) is 1. The summed E-state index contributed by atoms with van der Waals surface area (Å²) in [6, 6.07) is 6.69. The predicted octanol–water partition coefficient (Wildman–Crippen LogP) is 3.93. The van der Waals surface area contributed by atoms with Gasteiger partial charge in [-0.1, -0.05) is 31.4 Å². The number of urea groups is 1. The minimum Gasteiger partial charge on any atom is -0.469 e. The Morgan fingerprint density at radius 2 is 1.86 bits per heavy atom. The van der Waals surface area contributed by atoms with Crippen molar-refractivity contribution in [3.63, 3.8) is 0 Å². The summed E-state index contributed by atoms with van der Waals surface area (Å²) in [5.41, 5.74) is 0.674. The maximum Gasteiger partial charge on any atom is 0.321 e. The van der Waals surface area contributed by atoms with Gasteiger partial charge in [0.2, 0.25) is 0 Å². The van der Waals surface area contributed by atoms with Gasteiger partial charge in [-0.05, 0) is 30.7 Å². The number of methoxy groups -OCH3 is 1. The quantitative estimate of drug-likeness (QED) is 0.581. The average molecular weight is 327 g/mol. The number of benzene rings is 1. The van der Waals surface area contributed by atoms with E-state index in [0.29, 0.717) is 23.8 Å². The zero-order valence-corrected chi connectivity index (χ0v) is 13.9. The Morgan fingerprint density at radius 1 is 1.18 bits per heavy atom. The highest BCUT2D eigenvalue weighted by Crippen LogP contribution is 2.14. The molecule has 0 spiro atoms. The SMILES string of the molecule is CCCCCN(CCC(=O)OC)C(=O)Nc1ccc(Cl)cc1. The highest BCUT2D eigenvalue weighted by Gasteiger charge is 2.15. The maximum absolute atomic E-state index is 12.3. The lowest BCUT2D eigenvalue weighted by atomic mass is 10.2. The second kappa shape index (κ2) is 10.1. The van der Waals surface area contributed by atoms with Crippen molar-refractivity contribution in [2.24, 2.45) is 0 Å². The lowest BCUT2D eigenvalue weighted by molar-refractivity contribution is -0.140. The Labute approximate surface area is 136 Å². The molecule has 5 nitrogen and oxygen atoms in total. The monoisotopic (exact) mass is 326 g/mol. The van der Waals surface area contributed by atoms with Crippen LogP contribution in [-0.4, -0.2) is 37.1 Å². The van der Waals surface area contributed by atoms with Crippen LogP contribution in [0.2, 0.25) is 5.02 Å². The summed E-state index contributed by atoms with van der Waals surface area (Å²) in [4.78, 5) is 25.2. The van der Waals surface area contributed by atoms with Crippen LogP contribution in [0.5, 0.6) is 0 Å². The van der Waals surface area contributed by atoms with Gasteiger partial charge in [0.15, 0.2) is 0 Å². The first kappa shape index (κ1) is 18.3. The number of carbonyl (C=O) groups excluding carboxylic acids is 2. The van der Waals surface area contributed by atoms with Gasteiger partial charge in [0.25, 0.3) is 0 Å². The summed E-state index contributed by atoms with van der Waals surface area (Å²) in [7, 11) is 1.34. The fraction of sp³-hybridized carbons (Fsp3) is 0.500. The maximum atomic E-state index is 12.3. The summed E-state index contributed by atoms with van der Waals surface area (Å²) in [5.74, 6) is -0.320. The average Bonchev–Trinajstić information content (AvgIpc) is 2.52. The van der Waals surface area contributed by atoms with Crippen LogP contribution in [0, 0.1) is 0 Å². The summed E-state index contributed by atoms with van der Waals surface area (Å²) < 4.78 is 4.63. The van der Waals surface area contributed by atoms with Gasteiger partial charge in [-0.25, -0.2) is 4.79 Å². The highest BCUT2D eigenvalue weighted by molar-refractivity contribution is 6.30. The van der Waals surface area contributed by atoms with Crippen LogP contribution in [0.4, 0.5) is 10.5 Å². The molecule has 0 saturated carbocycles. The number of hydrogen-bond acceptors (Lipinski definition) is 3. The lowest BCUT2D eigenvalue weighted by Crippen LogP contribution is -2.37. The molecule has 0 aliphatic carbocycles. The number of rotatable bonds is 8. The van der Waals surface area contributed by atoms with Gasteiger partial charge in [0.1, 0.15) is 0 Å². The molecule has 0 saturated heterocycles. The molecule has 0 atom stereocenters. The molecule has 0 bridgehead atoms. The van der Waals surface area contributed by atoms with Crippen molar-refractivity contribution < 1.29 is 14.3 Å². The second-order valence-electron chi connectivity index (χ2n) is 4.96. The van der Waals surface area contributed by atoms with Crippen molar-refractivity contribution in [1.82, 2.24) is 4.90 Å². The van der Waals surface area contributed by atoms with Gasteiger partial charge in [0.05, 0.1) is 13.5 Å². The molecule has 1 N–H and O–H groups in total. The third kappa shape index (κ3) is 6.80. The molecule has 0 unspecified atom stereocenters. The van der Waals surface area contributed by atoms with E-state index in [4.69, 9.17) is 11.6 Å². The number of nitrogens with one attached hydrogen (secondary N) is 1. The minimum absolute atomic E-state index is 0.191. The second-order valence-corrected chi connectivity index (χ2v) is 5.39. The first-order valence-electron chi connectivity index (χ1n) is 7.45. The van der Waals surface area contributed by atoms with Crippen LogP contribution in [0.25, 0.3) is 0 Å². The van der Waals surface area contributed by atoms with Crippen LogP contribution < -0.4 is 5.32 Å². The normalized spacial score (nSPS) is 10.1. The largest absolute Gasteiger partial charge is 0.469 e. The van der Waals surface area contributed by atoms with E-state index in [1.54, 1.807) is 29.2 Å². The van der Waals surface area contributed by atoms with E-state index >= 15 is 0 Å². The Balaban J connectivity index is 2.60. The summed E-state index contributed by atoms with van der Waals surface area (Å²) in [6.07, 6.45) is 3.22. The molecule has 0 heterocycles. The third-order valence-electron chi connectivity index (χ3n) is 3.23. The molecule has 1 aromatic carbocycles. The lowest BCUT2D eigenvalue weighted by Gasteiger charge is -2.22. The van der Waals surface area contributed by atoms with Gasteiger partial charge in [-0.2, -0.15) is 0 Å². The van der Waals surface area contributed by atoms with Crippen LogP contribution in [-0.2, 0) is 9.53 Å². The molecular weight excluding hydrogens is 304 g/mol. The van der Waals surface area contributed by atoms with E-state index in [1.807, 2.05) is 0 Å². The summed E-state index contributed by atoms with van der Waals surface area (Å²) in [6.45, 7) is 3.06. The van der Waals surface area contributed by atoms with Crippen molar-refractivity contribution in [2.45, 2.75) is 32.6 Å². The molecule has 0 aromatic heterocycles. The van der Waals surface area contributed by atoms with Gasteiger partial charge in [0, 0.05) is 23.8 Å². The fourth-order valence-corrected chi connectivity index (χ4v) is 2.06. The minimum atomic E-state index is -0.320. The zero-order chi connectivity index (χ0) is 16.4. The number of ether oxygens (including phenoxy) is 1. The first-order chi connectivity index (χ1) is 10.6. The number of amides is 2. The Morgan fingerprint density at radius 3 is 2.45 bits per heavy atom. The van der Waals surface area contributed by atoms with Crippen molar-refractivity contribution in [3.8, 4) is 0 Å². The van der Waals surface area contributed by atoms with Crippen molar-refractivity contribution in [1.29, 1.82) is 0 Å². The number of halogens is 1.